The lowest BCUT2D eigenvalue weighted by molar-refractivity contribution is 0.392. The highest BCUT2D eigenvalue weighted by Gasteiger charge is 2.29. The quantitative estimate of drug-likeness (QED) is 0.643. The van der Waals surface area contributed by atoms with Gasteiger partial charge < -0.3 is 0 Å². The second kappa shape index (κ2) is 7.52. The zero-order chi connectivity index (χ0) is 20.6. The molecule has 4 rings (SSSR count). The third-order valence-corrected chi connectivity index (χ3v) is 9.23. The lowest BCUT2D eigenvalue weighted by atomic mass is 10.0. The summed E-state index contributed by atoms with van der Waals surface area (Å²) in [6.07, 6.45) is 0.539. The predicted octanol–water partition coefficient (Wildman–Crippen LogP) is 3.44. The van der Waals surface area contributed by atoms with Crippen LogP contribution in [0.25, 0.3) is 0 Å². The maximum absolute atomic E-state index is 13.4. The maximum atomic E-state index is 13.4. The maximum Gasteiger partial charge on any atom is 0.261 e. The van der Waals surface area contributed by atoms with Crippen molar-refractivity contribution < 1.29 is 21.2 Å². The molecule has 2 heterocycles. The summed E-state index contributed by atoms with van der Waals surface area (Å²) < 4.78 is 68.1. The average Bonchev–Trinajstić information content (AvgIpc) is 3.23. The molecule has 0 bridgehead atoms. The highest BCUT2D eigenvalue weighted by molar-refractivity contribution is 7.92. The van der Waals surface area contributed by atoms with Gasteiger partial charge in [0.25, 0.3) is 20.0 Å². The lowest BCUT2D eigenvalue weighted by Crippen LogP contribution is -2.35. The van der Waals surface area contributed by atoms with Crippen molar-refractivity contribution >= 4 is 37.1 Å². The number of nitrogens with one attached hydrogen (secondary N) is 1. The van der Waals surface area contributed by atoms with Crippen molar-refractivity contribution in [1.29, 1.82) is 0 Å². The van der Waals surface area contributed by atoms with Gasteiger partial charge in [-0.05, 0) is 59.3 Å². The first-order valence-electron chi connectivity index (χ1n) is 8.69. The van der Waals surface area contributed by atoms with Crippen molar-refractivity contribution in [1.82, 2.24) is 4.31 Å². The third-order valence-electron chi connectivity index (χ3n) is 4.63. The Balaban J connectivity index is 1.59. The molecule has 0 amide bonds. The van der Waals surface area contributed by atoms with Crippen molar-refractivity contribution in [3.63, 3.8) is 0 Å². The average molecular weight is 453 g/mol. The Kier molecular flexibility index (Phi) is 5.19. The number of nitrogens with zero attached hydrogens (tertiary/aromatic N) is 1. The van der Waals surface area contributed by atoms with Gasteiger partial charge in [0.2, 0.25) is 0 Å². The van der Waals surface area contributed by atoms with Gasteiger partial charge in [-0.1, -0.05) is 18.2 Å². The van der Waals surface area contributed by atoms with Gasteiger partial charge in [0.15, 0.2) is 0 Å². The fourth-order valence-electron chi connectivity index (χ4n) is 3.19. The summed E-state index contributed by atoms with van der Waals surface area (Å²) in [4.78, 5) is -0.183. The first-order chi connectivity index (χ1) is 13.8. The van der Waals surface area contributed by atoms with Crippen LogP contribution in [0.5, 0.6) is 0 Å². The molecule has 1 aliphatic rings. The summed E-state index contributed by atoms with van der Waals surface area (Å²) in [5.74, 6) is -0.646. The van der Waals surface area contributed by atoms with Crippen LogP contribution in [0, 0.1) is 5.82 Å². The molecule has 1 N–H and O–H groups in total. The largest absolute Gasteiger partial charge is 0.280 e. The fraction of sp³-hybridized carbons (Fsp3) is 0.158. The van der Waals surface area contributed by atoms with Crippen molar-refractivity contribution in [2.45, 2.75) is 22.1 Å². The Morgan fingerprint density at radius 3 is 2.52 bits per heavy atom. The molecule has 0 radical (unpaired) electrons. The summed E-state index contributed by atoms with van der Waals surface area (Å²) in [5, 5.41) is 1.71. The topological polar surface area (TPSA) is 83.6 Å². The number of benzene rings is 2. The molecular formula is C19H17FN2O4S3. The van der Waals surface area contributed by atoms with Crippen molar-refractivity contribution in [3.8, 4) is 0 Å². The number of anilines is 1. The predicted molar refractivity (Wildman–Crippen MR) is 109 cm³/mol. The van der Waals surface area contributed by atoms with Crippen LogP contribution in [-0.2, 0) is 33.0 Å². The Labute approximate surface area is 172 Å². The summed E-state index contributed by atoms with van der Waals surface area (Å²) in [5.41, 5.74) is 2.00. The van der Waals surface area contributed by atoms with Gasteiger partial charge in [-0.15, -0.1) is 11.3 Å². The van der Waals surface area contributed by atoms with E-state index in [2.05, 4.69) is 4.72 Å². The van der Waals surface area contributed by atoms with Crippen LogP contribution < -0.4 is 4.72 Å². The van der Waals surface area contributed by atoms with Crippen molar-refractivity contribution in [3.05, 3.63) is 76.9 Å². The van der Waals surface area contributed by atoms with E-state index in [0.29, 0.717) is 18.7 Å². The monoisotopic (exact) mass is 452 g/mol. The normalized spacial score (nSPS) is 15.1. The highest BCUT2D eigenvalue weighted by Crippen LogP contribution is 2.29. The molecular weight excluding hydrogens is 435 g/mol. The molecule has 0 saturated heterocycles. The molecule has 29 heavy (non-hydrogen) atoms. The molecule has 152 valence electrons. The van der Waals surface area contributed by atoms with Gasteiger partial charge in [-0.2, -0.15) is 4.31 Å². The SMILES string of the molecule is O=S(=O)(Nc1ccc2c(c1)CN(S(=O)(=O)c1cccs1)CC2)c1cccc(F)c1. The second-order valence-electron chi connectivity index (χ2n) is 6.57. The first-order valence-corrected chi connectivity index (χ1v) is 12.5. The van der Waals surface area contributed by atoms with Crippen LogP contribution in [-0.4, -0.2) is 27.7 Å². The number of rotatable bonds is 5. The molecule has 10 heteroatoms. The van der Waals surface area contributed by atoms with Gasteiger partial charge in [0, 0.05) is 18.8 Å². The van der Waals surface area contributed by atoms with Crippen molar-refractivity contribution in [2.75, 3.05) is 11.3 Å². The Bertz CT molecular complexity index is 1260. The van der Waals surface area contributed by atoms with Crippen LogP contribution >= 0.6 is 11.3 Å². The molecule has 1 aliphatic heterocycles. The molecule has 6 nitrogen and oxygen atoms in total. The van der Waals surface area contributed by atoms with Gasteiger partial charge >= 0.3 is 0 Å². The van der Waals surface area contributed by atoms with Crippen molar-refractivity contribution in [2.24, 2.45) is 0 Å². The standard InChI is InChI=1S/C19H17FN2O4S3/c20-16-3-1-4-18(12-16)28(23,24)21-17-7-6-14-8-9-22(13-15(14)11-17)29(25,26)19-5-2-10-27-19/h1-7,10-12,21H,8-9,13H2. The zero-order valence-corrected chi connectivity index (χ0v) is 17.5. The van der Waals surface area contributed by atoms with E-state index in [1.54, 1.807) is 35.7 Å². The third kappa shape index (κ3) is 4.06. The minimum absolute atomic E-state index is 0.158. The number of sulfonamides is 2. The van der Waals surface area contributed by atoms with E-state index in [-0.39, 0.29) is 15.6 Å². The van der Waals surface area contributed by atoms with Gasteiger partial charge in [-0.25, -0.2) is 21.2 Å². The number of thiophene rings is 1. The zero-order valence-electron chi connectivity index (χ0n) is 15.1. The lowest BCUT2D eigenvalue weighted by Gasteiger charge is -2.28. The Morgan fingerprint density at radius 2 is 1.79 bits per heavy atom. The molecule has 1 aromatic heterocycles. The Hall–Kier alpha value is -2.27. The van der Waals surface area contributed by atoms with Crippen LogP contribution in [0.15, 0.2) is 69.1 Å². The highest BCUT2D eigenvalue weighted by atomic mass is 32.2. The van der Waals surface area contributed by atoms with Gasteiger partial charge in [0.05, 0.1) is 4.90 Å². The minimum Gasteiger partial charge on any atom is -0.280 e. The van der Waals surface area contributed by atoms with E-state index >= 15 is 0 Å². The molecule has 0 spiro atoms. The molecule has 0 unspecified atom stereocenters. The summed E-state index contributed by atoms with van der Waals surface area (Å²) in [6, 6.07) is 13.0. The first kappa shape index (κ1) is 20.0. The summed E-state index contributed by atoms with van der Waals surface area (Å²) in [6.45, 7) is 0.521. The Morgan fingerprint density at radius 1 is 0.966 bits per heavy atom. The fourth-order valence-corrected chi connectivity index (χ4v) is 6.83. The summed E-state index contributed by atoms with van der Waals surface area (Å²) in [7, 11) is -7.55. The molecule has 0 fully saturated rings. The van der Waals surface area contributed by atoms with E-state index in [1.165, 1.54) is 22.5 Å². The molecule has 2 aromatic carbocycles. The second-order valence-corrected chi connectivity index (χ2v) is 11.4. The number of fused-ring (bicyclic) bond motifs is 1. The van der Waals surface area contributed by atoms with Gasteiger partial charge in [0.1, 0.15) is 10.0 Å². The van der Waals surface area contributed by atoms with E-state index in [0.717, 1.165) is 28.5 Å². The minimum atomic E-state index is -3.96. The molecule has 3 aromatic rings. The number of halogens is 1. The number of hydrogen-bond acceptors (Lipinski definition) is 5. The molecule has 0 aliphatic carbocycles. The van der Waals surface area contributed by atoms with Crippen LogP contribution in [0.1, 0.15) is 11.1 Å². The smallest absolute Gasteiger partial charge is 0.261 e. The van der Waals surface area contributed by atoms with E-state index in [9.17, 15) is 21.2 Å². The van der Waals surface area contributed by atoms with Crippen LogP contribution in [0.3, 0.4) is 0 Å². The van der Waals surface area contributed by atoms with Gasteiger partial charge in [-0.3, -0.25) is 4.72 Å². The van der Waals surface area contributed by atoms with Crippen LogP contribution in [0.4, 0.5) is 10.1 Å². The summed E-state index contributed by atoms with van der Waals surface area (Å²) >= 11 is 1.16. The molecule has 0 saturated carbocycles. The van der Waals surface area contributed by atoms with E-state index in [1.807, 2.05) is 0 Å². The van der Waals surface area contributed by atoms with Crippen LogP contribution in [0.2, 0.25) is 0 Å². The van der Waals surface area contributed by atoms with E-state index in [4.69, 9.17) is 0 Å². The number of hydrogen-bond donors (Lipinski definition) is 1. The van der Waals surface area contributed by atoms with E-state index < -0.39 is 25.9 Å². The molecule has 0 atom stereocenters.